The summed E-state index contributed by atoms with van der Waals surface area (Å²) in [6.45, 7) is 10.0. The molecule has 186 valence electrons. The number of piperazine rings is 1. The number of hydrogen-bond acceptors (Lipinski definition) is 5. The molecule has 0 aliphatic carbocycles. The van der Waals surface area contributed by atoms with E-state index in [0.29, 0.717) is 24.5 Å². The molecule has 2 aliphatic heterocycles. The van der Waals surface area contributed by atoms with Crippen molar-refractivity contribution in [2.75, 3.05) is 45.8 Å². The van der Waals surface area contributed by atoms with Gasteiger partial charge in [-0.25, -0.2) is 13.2 Å². The number of nitrogens with one attached hydrogen (secondary N) is 1. The first-order chi connectivity index (χ1) is 16.2. The molecule has 3 heterocycles. The Morgan fingerprint density at radius 2 is 1.65 bits per heavy atom. The molecule has 2 aliphatic rings. The highest BCUT2D eigenvalue weighted by molar-refractivity contribution is 7.89. The van der Waals surface area contributed by atoms with E-state index >= 15 is 0 Å². The highest BCUT2D eigenvalue weighted by Crippen LogP contribution is 2.26. The van der Waals surface area contributed by atoms with Gasteiger partial charge in [0.1, 0.15) is 5.76 Å². The van der Waals surface area contributed by atoms with Crippen LogP contribution in [0.3, 0.4) is 0 Å². The molecule has 0 saturated carbocycles. The van der Waals surface area contributed by atoms with Gasteiger partial charge in [0, 0.05) is 32.7 Å². The molecule has 1 aromatic carbocycles. The van der Waals surface area contributed by atoms with Crippen molar-refractivity contribution in [3.05, 3.63) is 54.0 Å². The van der Waals surface area contributed by atoms with Crippen molar-refractivity contribution in [3.63, 3.8) is 0 Å². The Bertz CT molecular complexity index is 1050. The fourth-order valence-electron chi connectivity index (χ4n) is 4.65. The second kappa shape index (κ2) is 10.1. The summed E-state index contributed by atoms with van der Waals surface area (Å²) in [6, 6.07) is 10.8. The minimum absolute atomic E-state index is 0.0131. The van der Waals surface area contributed by atoms with Crippen molar-refractivity contribution in [2.45, 2.75) is 50.0 Å². The van der Waals surface area contributed by atoms with Crippen LogP contribution in [0.15, 0.2) is 52.0 Å². The monoisotopic (exact) mass is 488 g/mol. The lowest BCUT2D eigenvalue weighted by Crippen LogP contribution is -2.53. The largest absolute Gasteiger partial charge is 0.468 e. The Hall–Kier alpha value is -2.36. The highest BCUT2D eigenvalue weighted by atomic mass is 32.2. The van der Waals surface area contributed by atoms with E-state index in [0.717, 1.165) is 37.3 Å². The standard InChI is InChI=1S/C25H36N4O4S/c1-25(2,3)20-8-10-21(11-9-20)34(31,32)29-16-14-28(15-17-29)24(30)26-19-22(23-7-6-18-33-23)27-12-4-5-13-27/h6-11,18,22H,4-5,12-17,19H2,1-3H3,(H,26,30). The number of sulfonamides is 1. The highest BCUT2D eigenvalue weighted by Gasteiger charge is 2.31. The average molecular weight is 489 g/mol. The molecule has 2 aromatic rings. The van der Waals surface area contributed by atoms with Crippen LogP contribution in [0.5, 0.6) is 0 Å². The Morgan fingerprint density at radius 3 is 2.21 bits per heavy atom. The summed E-state index contributed by atoms with van der Waals surface area (Å²) in [5.41, 5.74) is 1.06. The van der Waals surface area contributed by atoms with E-state index in [4.69, 9.17) is 4.42 Å². The normalized spacial score (nSPS) is 19.3. The minimum atomic E-state index is -3.58. The molecule has 2 saturated heterocycles. The van der Waals surface area contributed by atoms with Crippen molar-refractivity contribution in [2.24, 2.45) is 0 Å². The van der Waals surface area contributed by atoms with E-state index in [1.54, 1.807) is 23.3 Å². The van der Waals surface area contributed by atoms with Crippen LogP contribution in [0.4, 0.5) is 4.79 Å². The van der Waals surface area contributed by atoms with Crippen molar-refractivity contribution >= 4 is 16.1 Å². The van der Waals surface area contributed by atoms with Crippen molar-refractivity contribution in [1.29, 1.82) is 0 Å². The van der Waals surface area contributed by atoms with Gasteiger partial charge in [0.2, 0.25) is 10.0 Å². The van der Waals surface area contributed by atoms with Crippen LogP contribution in [0.1, 0.15) is 51.0 Å². The molecule has 2 fully saturated rings. The molecule has 34 heavy (non-hydrogen) atoms. The first kappa shape index (κ1) is 24.8. The second-order valence-corrected chi connectivity index (χ2v) is 12.1. The first-order valence-corrected chi connectivity index (χ1v) is 13.5. The molecule has 0 bridgehead atoms. The third-order valence-corrected chi connectivity index (χ3v) is 8.70. The lowest BCUT2D eigenvalue weighted by Gasteiger charge is -2.34. The molecule has 8 nitrogen and oxygen atoms in total. The smallest absolute Gasteiger partial charge is 0.317 e. The fraction of sp³-hybridized carbons (Fsp3) is 0.560. The van der Waals surface area contributed by atoms with Gasteiger partial charge in [0.05, 0.1) is 17.2 Å². The van der Waals surface area contributed by atoms with Crippen LogP contribution < -0.4 is 5.32 Å². The Morgan fingerprint density at radius 1 is 1.00 bits per heavy atom. The van der Waals surface area contributed by atoms with Gasteiger partial charge in [-0.2, -0.15) is 4.31 Å². The summed E-state index contributed by atoms with van der Waals surface area (Å²) in [5, 5.41) is 3.04. The molecule has 0 spiro atoms. The van der Waals surface area contributed by atoms with Crippen molar-refractivity contribution in [1.82, 2.24) is 19.4 Å². The SMILES string of the molecule is CC(C)(C)c1ccc(S(=O)(=O)N2CCN(C(=O)NCC(c3ccco3)N3CCCC3)CC2)cc1. The molecule has 0 radical (unpaired) electrons. The predicted molar refractivity (Wildman–Crippen MR) is 131 cm³/mol. The Kier molecular flexibility index (Phi) is 7.35. The molecule has 1 unspecified atom stereocenters. The second-order valence-electron chi connectivity index (χ2n) is 10.1. The van der Waals surface area contributed by atoms with Gasteiger partial charge in [0.15, 0.2) is 0 Å². The van der Waals surface area contributed by atoms with Gasteiger partial charge >= 0.3 is 6.03 Å². The Labute approximate surface area is 202 Å². The summed E-state index contributed by atoms with van der Waals surface area (Å²) in [7, 11) is -3.58. The maximum absolute atomic E-state index is 13.1. The van der Waals surface area contributed by atoms with Crippen LogP contribution >= 0.6 is 0 Å². The number of nitrogens with zero attached hydrogens (tertiary/aromatic N) is 3. The number of furan rings is 1. The van der Waals surface area contributed by atoms with Gasteiger partial charge < -0.3 is 14.6 Å². The lowest BCUT2D eigenvalue weighted by molar-refractivity contribution is 0.163. The van der Waals surface area contributed by atoms with Crippen LogP contribution in [0.2, 0.25) is 0 Å². The fourth-order valence-corrected chi connectivity index (χ4v) is 6.07. The molecule has 4 rings (SSSR count). The van der Waals surface area contributed by atoms with E-state index < -0.39 is 10.0 Å². The zero-order valence-electron chi connectivity index (χ0n) is 20.4. The van der Waals surface area contributed by atoms with E-state index in [-0.39, 0.29) is 30.6 Å². The van der Waals surface area contributed by atoms with Crippen LogP contribution in [-0.2, 0) is 15.4 Å². The summed E-state index contributed by atoms with van der Waals surface area (Å²) in [6.07, 6.45) is 3.97. The van der Waals surface area contributed by atoms with Crippen molar-refractivity contribution < 1.29 is 17.6 Å². The topological polar surface area (TPSA) is 86.1 Å². The van der Waals surface area contributed by atoms with Gasteiger partial charge in [0.25, 0.3) is 0 Å². The van der Waals surface area contributed by atoms with Crippen LogP contribution in [0.25, 0.3) is 0 Å². The number of carbonyl (C=O) groups excluding carboxylic acids is 1. The zero-order chi connectivity index (χ0) is 24.3. The van der Waals surface area contributed by atoms with Gasteiger partial charge in [-0.3, -0.25) is 4.90 Å². The molecular weight excluding hydrogens is 452 g/mol. The number of carbonyl (C=O) groups is 1. The minimum Gasteiger partial charge on any atom is -0.468 e. The Balaban J connectivity index is 1.32. The zero-order valence-corrected chi connectivity index (χ0v) is 21.2. The van der Waals surface area contributed by atoms with Crippen LogP contribution in [0, 0.1) is 0 Å². The molecule has 1 N–H and O–H groups in total. The molecule has 2 amide bonds. The summed E-state index contributed by atoms with van der Waals surface area (Å²) < 4.78 is 33.3. The average Bonchev–Trinajstić information content (AvgIpc) is 3.54. The molecule has 1 atom stereocenters. The number of amides is 2. The molecular formula is C25H36N4O4S. The molecule has 9 heteroatoms. The first-order valence-electron chi connectivity index (χ1n) is 12.1. The quantitative estimate of drug-likeness (QED) is 0.673. The van der Waals surface area contributed by atoms with E-state index in [9.17, 15) is 13.2 Å². The summed E-state index contributed by atoms with van der Waals surface area (Å²) >= 11 is 0. The number of urea groups is 1. The summed E-state index contributed by atoms with van der Waals surface area (Å²) in [5.74, 6) is 0.857. The third-order valence-electron chi connectivity index (χ3n) is 6.78. The lowest BCUT2D eigenvalue weighted by atomic mass is 9.87. The van der Waals surface area contributed by atoms with Gasteiger partial charge in [-0.15, -0.1) is 0 Å². The van der Waals surface area contributed by atoms with Gasteiger partial charge in [-0.05, 0) is 61.2 Å². The third kappa shape index (κ3) is 5.47. The van der Waals surface area contributed by atoms with Gasteiger partial charge in [-0.1, -0.05) is 32.9 Å². The maximum atomic E-state index is 13.1. The van der Waals surface area contributed by atoms with Crippen LogP contribution in [-0.4, -0.2) is 74.4 Å². The number of likely N-dealkylation sites (tertiary alicyclic amines) is 1. The van der Waals surface area contributed by atoms with Crippen molar-refractivity contribution in [3.8, 4) is 0 Å². The number of hydrogen-bond donors (Lipinski definition) is 1. The maximum Gasteiger partial charge on any atom is 0.317 e. The predicted octanol–water partition coefficient (Wildman–Crippen LogP) is 3.43. The van der Waals surface area contributed by atoms with E-state index in [2.05, 4.69) is 31.0 Å². The van der Waals surface area contributed by atoms with E-state index in [1.165, 1.54) is 4.31 Å². The summed E-state index contributed by atoms with van der Waals surface area (Å²) in [4.78, 5) is 17.2. The van der Waals surface area contributed by atoms with E-state index in [1.807, 2.05) is 24.3 Å². The molecule has 1 aromatic heterocycles. The number of rotatable bonds is 6. The number of benzene rings is 1.